The summed E-state index contributed by atoms with van der Waals surface area (Å²) in [5.41, 5.74) is 4.63. The molecule has 2 aliphatic rings. The molecule has 0 bridgehead atoms. The van der Waals surface area contributed by atoms with Crippen molar-refractivity contribution in [2.45, 2.75) is 37.8 Å². The largest absolute Gasteiger partial charge is 0.464 e. The number of nitrogens with zero attached hydrogens (tertiary/aromatic N) is 8. The summed E-state index contributed by atoms with van der Waals surface area (Å²) in [6.45, 7) is 0. The third kappa shape index (κ3) is 5.29. The molecule has 2 aliphatic carbocycles. The summed E-state index contributed by atoms with van der Waals surface area (Å²) in [5, 5.41) is 15.6. The normalized spacial score (nSPS) is 14.5. The average Bonchev–Trinajstić information content (AvgIpc) is 3.96. The topological polar surface area (TPSA) is 114 Å². The predicted octanol–water partition coefficient (Wildman–Crippen LogP) is 6.37. The monoisotopic (exact) mass is 600 g/mol. The Morgan fingerprint density at radius 3 is 1.79 bits per heavy atom. The van der Waals surface area contributed by atoms with Gasteiger partial charge in [-0.25, -0.2) is 23.5 Å². The second-order valence-corrected chi connectivity index (χ2v) is 10.8. The van der Waals surface area contributed by atoms with E-state index >= 15 is 0 Å². The molecule has 0 saturated heterocycles. The van der Waals surface area contributed by atoms with E-state index in [0.29, 0.717) is 34.1 Å². The van der Waals surface area contributed by atoms with Crippen LogP contribution in [0.5, 0.6) is 0 Å². The first kappa shape index (κ1) is 27.0. The molecule has 13 heteroatoms. The van der Waals surface area contributed by atoms with Gasteiger partial charge in [0.05, 0.1) is 41.6 Å². The number of imidazole rings is 2. The average molecular weight is 601 g/mol. The Hall–Kier alpha value is -4.84. The number of aromatic nitrogens is 8. The number of hydrogen-bond donors (Lipinski definition) is 0. The zero-order chi connectivity index (χ0) is 29.7. The Bertz CT molecular complexity index is 2020. The first-order chi connectivity index (χ1) is 20.9. The van der Waals surface area contributed by atoms with Crippen LogP contribution in [0.25, 0.3) is 44.8 Å². The summed E-state index contributed by atoms with van der Waals surface area (Å²) >= 11 is 5.90. The van der Waals surface area contributed by atoms with Crippen LogP contribution in [0.2, 0.25) is 5.15 Å². The summed E-state index contributed by atoms with van der Waals surface area (Å²) in [6, 6.07) is 13.2. The molecule has 0 aliphatic heterocycles. The molecule has 0 radical (unpaired) electrons. The SMILES string of the molecule is COC(=O)c1cc(-c2nc3ccc(F)cc3n2C2CC2)cnn1.Fc1ccc2nc(-c3cnnc(Cl)c3)n(C3CC3)c2c1. The number of hydrogen-bond acceptors (Lipinski definition) is 8. The fourth-order valence-corrected chi connectivity index (χ4v) is 5.26. The van der Waals surface area contributed by atoms with E-state index in [1.807, 2.05) is 4.57 Å². The van der Waals surface area contributed by atoms with Gasteiger partial charge in [-0.3, -0.25) is 0 Å². The van der Waals surface area contributed by atoms with Crippen molar-refractivity contribution in [3.63, 3.8) is 0 Å². The standard InChI is InChI=1S/C16H13FN4O2.C14H10ClFN4/c1-23-16(22)13-6-9(8-18-20-13)15-19-12-5-2-10(17)7-14(12)21(15)11-3-4-11;15-13-5-8(7-17-19-13)14-18-11-4-1-9(16)6-12(11)20(14)10-2-3-10/h2,5-8,11H,3-4H2,1H3;1,4-7,10H,2-3H2. The smallest absolute Gasteiger partial charge is 0.358 e. The quantitative estimate of drug-likeness (QED) is 0.210. The number of halogens is 3. The summed E-state index contributed by atoms with van der Waals surface area (Å²) in [4.78, 5) is 20.8. The lowest BCUT2D eigenvalue weighted by Crippen LogP contribution is -2.06. The Balaban J connectivity index is 0.000000141. The van der Waals surface area contributed by atoms with Gasteiger partial charge in [-0.2, -0.15) is 10.2 Å². The minimum Gasteiger partial charge on any atom is -0.464 e. The van der Waals surface area contributed by atoms with Crippen LogP contribution in [0, 0.1) is 11.6 Å². The van der Waals surface area contributed by atoms with Gasteiger partial charge in [0.25, 0.3) is 0 Å². The first-order valence-electron chi connectivity index (χ1n) is 13.6. The van der Waals surface area contributed by atoms with Crippen LogP contribution in [0.1, 0.15) is 48.3 Å². The summed E-state index contributed by atoms with van der Waals surface area (Å²) in [7, 11) is 1.29. The van der Waals surface area contributed by atoms with Crippen molar-refractivity contribution in [2.24, 2.45) is 0 Å². The molecule has 2 fully saturated rings. The number of benzene rings is 2. The highest BCUT2D eigenvalue weighted by atomic mass is 35.5. The molecule has 0 spiro atoms. The van der Waals surface area contributed by atoms with Crippen LogP contribution >= 0.6 is 11.6 Å². The third-order valence-corrected chi connectivity index (χ3v) is 7.50. The van der Waals surface area contributed by atoms with Gasteiger partial charge in [-0.1, -0.05) is 11.6 Å². The highest BCUT2D eigenvalue weighted by Gasteiger charge is 2.30. The van der Waals surface area contributed by atoms with E-state index in [2.05, 4.69) is 39.7 Å². The van der Waals surface area contributed by atoms with Gasteiger partial charge >= 0.3 is 5.97 Å². The molecular weight excluding hydrogens is 578 g/mol. The molecule has 0 amide bonds. The van der Waals surface area contributed by atoms with Crippen molar-refractivity contribution in [3.05, 3.63) is 83.4 Å². The number of ether oxygens (including phenoxy) is 1. The maximum absolute atomic E-state index is 13.6. The minimum atomic E-state index is -0.556. The van der Waals surface area contributed by atoms with Crippen molar-refractivity contribution in [3.8, 4) is 22.8 Å². The van der Waals surface area contributed by atoms with Gasteiger partial charge in [-0.05, 0) is 74.2 Å². The third-order valence-electron chi connectivity index (χ3n) is 7.32. The van der Waals surface area contributed by atoms with E-state index in [9.17, 15) is 13.6 Å². The molecule has 0 atom stereocenters. The van der Waals surface area contributed by atoms with E-state index in [1.54, 1.807) is 36.7 Å². The van der Waals surface area contributed by atoms with Gasteiger partial charge in [0.15, 0.2) is 10.8 Å². The van der Waals surface area contributed by atoms with Crippen molar-refractivity contribution >= 4 is 39.6 Å². The number of fused-ring (bicyclic) bond motifs is 2. The number of rotatable bonds is 5. The van der Waals surface area contributed by atoms with Crippen LogP contribution in [-0.4, -0.2) is 52.6 Å². The van der Waals surface area contributed by atoms with Crippen molar-refractivity contribution in [2.75, 3.05) is 7.11 Å². The second-order valence-electron chi connectivity index (χ2n) is 10.4. The lowest BCUT2D eigenvalue weighted by Gasteiger charge is -2.08. The number of carbonyl (C=O) groups excluding carboxylic acids is 1. The summed E-state index contributed by atoms with van der Waals surface area (Å²) < 4.78 is 35.9. The molecule has 216 valence electrons. The van der Waals surface area contributed by atoms with Gasteiger partial charge in [0.1, 0.15) is 23.3 Å². The minimum absolute atomic E-state index is 0.116. The van der Waals surface area contributed by atoms with Crippen LogP contribution in [0.15, 0.2) is 60.9 Å². The second kappa shape index (κ2) is 10.8. The molecule has 4 heterocycles. The van der Waals surface area contributed by atoms with E-state index in [-0.39, 0.29) is 17.3 Å². The highest BCUT2D eigenvalue weighted by molar-refractivity contribution is 6.29. The molecule has 43 heavy (non-hydrogen) atoms. The first-order valence-corrected chi connectivity index (χ1v) is 14.0. The van der Waals surface area contributed by atoms with Crippen molar-refractivity contribution < 1.29 is 18.3 Å². The van der Waals surface area contributed by atoms with Crippen LogP contribution in [0.3, 0.4) is 0 Å². The molecule has 10 nitrogen and oxygen atoms in total. The van der Waals surface area contributed by atoms with E-state index in [4.69, 9.17) is 11.6 Å². The van der Waals surface area contributed by atoms with Crippen LogP contribution < -0.4 is 0 Å². The van der Waals surface area contributed by atoms with Crippen molar-refractivity contribution in [1.29, 1.82) is 0 Å². The van der Waals surface area contributed by atoms with Crippen LogP contribution in [0.4, 0.5) is 8.78 Å². The summed E-state index contributed by atoms with van der Waals surface area (Å²) in [5.74, 6) is 0.322. The van der Waals surface area contributed by atoms with Gasteiger partial charge < -0.3 is 13.9 Å². The van der Waals surface area contributed by atoms with Gasteiger partial charge in [0, 0.05) is 23.2 Å². The molecule has 2 aromatic carbocycles. The lowest BCUT2D eigenvalue weighted by atomic mass is 10.2. The molecular formula is C30H23ClF2N8O2. The molecule has 0 unspecified atom stereocenters. The Kier molecular flexibility index (Phi) is 6.77. The number of methoxy groups -OCH3 is 1. The fraction of sp³-hybridized carbons (Fsp3) is 0.233. The lowest BCUT2D eigenvalue weighted by molar-refractivity contribution is 0.0592. The maximum Gasteiger partial charge on any atom is 0.358 e. The molecule has 8 rings (SSSR count). The number of carbonyl (C=O) groups is 1. The Morgan fingerprint density at radius 1 is 0.791 bits per heavy atom. The molecule has 4 aromatic heterocycles. The fourth-order valence-electron chi connectivity index (χ4n) is 5.10. The maximum atomic E-state index is 13.6. The highest BCUT2D eigenvalue weighted by Crippen LogP contribution is 2.42. The summed E-state index contributed by atoms with van der Waals surface area (Å²) in [6.07, 6.45) is 7.39. The Morgan fingerprint density at radius 2 is 1.30 bits per heavy atom. The zero-order valence-corrected chi connectivity index (χ0v) is 23.5. The van der Waals surface area contributed by atoms with E-state index < -0.39 is 5.97 Å². The predicted molar refractivity (Wildman–Crippen MR) is 154 cm³/mol. The molecule has 6 aromatic rings. The Labute approximate surface area is 248 Å². The zero-order valence-electron chi connectivity index (χ0n) is 22.8. The van der Waals surface area contributed by atoms with Crippen molar-refractivity contribution in [1.82, 2.24) is 39.5 Å². The molecule has 2 saturated carbocycles. The van der Waals surface area contributed by atoms with E-state index in [0.717, 1.165) is 53.6 Å². The van der Waals surface area contributed by atoms with E-state index in [1.165, 1.54) is 31.4 Å². The van der Waals surface area contributed by atoms with Gasteiger partial charge in [0.2, 0.25) is 0 Å². The number of esters is 1. The molecule has 0 N–H and O–H groups in total. The van der Waals surface area contributed by atoms with Crippen LogP contribution in [-0.2, 0) is 4.74 Å². The van der Waals surface area contributed by atoms with Gasteiger partial charge in [-0.15, -0.1) is 10.2 Å².